The Kier molecular flexibility index (Phi) is 4.05. The van der Waals surface area contributed by atoms with Gasteiger partial charge in [-0.2, -0.15) is 0 Å². The molecule has 0 bridgehead atoms. The number of aromatic amines is 1. The quantitative estimate of drug-likeness (QED) is 0.657. The van der Waals surface area contributed by atoms with E-state index in [4.69, 9.17) is 5.73 Å². The van der Waals surface area contributed by atoms with E-state index < -0.39 is 11.9 Å². The lowest BCUT2D eigenvalue weighted by Gasteiger charge is -2.04. The molecule has 0 spiro atoms. The van der Waals surface area contributed by atoms with E-state index in [1.165, 1.54) is 0 Å². The lowest BCUT2D eigenvalue weighted by atomic mass is 10.0. The summed E-state index contributed by atoms with van der Waals surface area (Å²) < 4.78 is 0. The van der Waals surface area contributed by atoms with Crippen molar-refractivity contribution in [3.63, 3.8) is 0 Å². The molecular formula is C14H16N2O4. The van der Waals surface area contributed by atoms with E-state index in [9.17, 15) is 9.59 Å². The summed E-state index contributed by atoms with van der Waals surface area (Å²) >= 11 is 0. The molecule has 3 N–H and O–H groups in total. The standard InChI is InChI=1S/C14H16N2O4/c1-8(15)5-11-7-16-13-4-3-10(6-12(11)13)14(18)20-19-9(2)17/h3-4,6-8,16H,5,15H2,1-2H3/t8-/m1/s1. The highest BCUT2D eigenvalue weighted by atomic mass is 17.2. The number of nitrogens with one attached hydrogen (secondary N) is 1. The predicted molar refractivity (Wildman–Crippen MR) is 72.8 cm³/mol. The highest BCUT2D eigenvalue weighted by Gasteiger charge is 2.13. The lowest BCUT2D eigenvalue weighted by molar-refractivity contribution is -0.231. The summed E-state index contributed by atoms with van der Waals surface area (Å²) in [7, 11) is 0. The van der Waals surface area contributed by atoms with Crippen molar-refractivity contribution in [2.45, 2.75) is 26.3 Å². The van der Waals surface area contributed by atoms with Crippen molar-refractivity contribution in [2.24, 2.45) is 5.73 Å². The van der Waals surface area contributed by atoms with Crippen molar-refractivity contribution in [1.29, 1.82) is 0 Å². The minimum atomic E-state index is -0.713. The Morgan fingerprint density at radius 2 is 2.10 bits per heavy atom. The minimum absolute atomic E-state index is 0.0191. The number of rotatable bonds is 3. The number of carbonyl (C=O) groups is 2. The maximum absolute atomic E-state index is 11.7. The molecule has 0 fully saturated rings. The Bertz CT molecular complexity index is 646. The molecule has 106 valence electrons. The van der Waals surface area contributed by atoms with Crippen LogP contribution in [0.25, 0.3) is 10.9 Å². The van der Waals surface area contributed by atoms with Gasteiger partial charge >= 0.3 is 11.9 Å². The first-order valence-electron chi connectivity index (χ1n) is 6.22. The van der Waals surface area contributed by atoms with Crippen molar-refractivity contribution < 1.29 is 19.4 Å². The number of aromatic nitrogens is 1. The smallest absolute Gasteiger partial charge is 0.361 e. The molecule has 0 aliphatic rings. The Morgan fingerprint density at radius 3 is 2.75 bits per heavy atom. The molecule has 1 heterocycles. The van der Waals surface area contributed by atoms with E-state index in [1.54, 1.807) is 18.2 Å². The van der Waals surface area contributed by atoms with Crippen LogP contribution < -0.4 is 5.73 Å². The van der Waals surface area contributed by atoms with Gasteiger partial charge in [-0.25, -0.2) is 19.4 Å². The molecule has 0 unspecified atom stereocenters. The lowest BCUT2D eigenvalue weighted by Crippen LogP contribution is -2.17. The number of fused-ring (bicyclic) bond motifs is 1. The number of carbonyl (C=O) groups excluding carboxylic acids is 2. The molecule has 1 atom stereocenters. The largest absolute Gasteiger partial charge is 0.386 e. The zero-order valence-electron chi connectivity index (χ0n) is 11.3. The molecule has 0 aliphatic heterocycles. The molecule has 6 heteroatoms. The van der Waals surface area contributed by atoms with Gasteiger partial charge in [-0.1, -0.05) is 0 Å². The topological polar surface area (TPSA) is 94.4 Å². The zero-order valence-corrected chi connectivity index (χ0v) is 11.3. The van der Waals surface area contributed by atoms with Gasteiger partial charge in [-0.15, -0.1) is 0 Å². The molecular weight excluding hydrogens is 260 g/mol. The predicted octanol–water partition coefficient (Wildman–Crippen LogP) is 1.69. The molecule has 1 aromatic carbocycles. The normalized spacial score (nSPS) is 12.2. The summed E-state index contributed by atoms with van der Waals surface area (Å²) in [5.41, 5.74) is 8.03. The van der Waals surface area contributed by atoms with Gasteiger partial charge in [0.2, 0.25) is 0 Å². The third-order valence-corrected chi connectivity index (χ3v) is 2.78. The molecule has 2 aromatic rings. The first-order chi connectivity index (χ1) is 9.47. The maximum Gasteiger partial charge on any atom is 0.386 e. The average molecular weight is 276 g/mol. The van der Waals surface area contributed by atoms with E-state index in [0.717, 1.165) is 23.4 Å². The fourth-order valence-electron chi connectivity index (χ4n) is 1.97. The molecule has 0 saturated carbocycles. The third kappa shape index (κ3) is 3.16. The van der Waals surface area contributed by atoms with Gasteiger partial charge in [0.05, 0.1) is 5.56 Å². The van der Waals surface area contributed by atoms with Gasteiger partial charge in [0.25, 0.3) is 0 Å². The fourth-order valence-corrected chi connectivity index (χ4v) is 1.97. The highest BCUT2D eigenvalue weighted by molar-refractivity contribution is 5.95. The van der Waals surface area contributed by atoms with Crippen LogP contribution >= 0.6 is 0 Å². The fraction of sp³-hybridized carbons (Fsp3) is 0.286. The maximum atomic E-state index is 11.7. The monoisotopic (exact) mass is 276 g/mol. The average Bonchev–Trinajstić information content (AvgIpc) is 2.77. The van der Waals surface area contributed by atoms with Gasteiger partial charge in [-0.3, -0.25) is 0 Å². The summed E-state index contributed by atoms with van der Waals surface area (Å²) in [6, 6.07) is 5.07. The van der Waals surface area contributed by atoms with Crippen LogP contribution in [0.1, 0.15) is 29.8 Å². The second kappa shape index (κ2) is 5.75. The van der Waals surface area contributed by atoms with Gasteiger partial charge < -0.3 is 10.7 Å². The van der Waals surface area contributed by atoms with Gasteiger partial charge in [0.1, 0.15) is 0 Å². The summed E-state index contributed by atoms with van der Waals surface area (Å²) in [5.74, 6) is -1.39. The van der Waals surface area contributed by atoms with Crippen LogP contribution in [0.3, 0.4) is 0 Å². The van der Waals surface area contributed by atoms with Crippen LogP contribution in [-0.2, 0) is 21.0 Å². The molecule has 20 heavy (non-hydrogen) atoms. The van der Waals surface area contributed by atoms with Crippen molar-refractivity contribution >= 4 is 22.8 Å². The van der Waals surface area contributed by atoms with E-state index in [1.807, 2.05) is 13.1 Å². The Balaban J connectivity index is 2.27. The van der Waals surface area contributed by atoms with E-state index in [2.05, 4.69) is 14.8 Å². The number of benzene rings is 1. The minimum Gasteiger partial charge on any atom is -0.361 e. The number of nitrogens with two attached hydrogens (primary N) is 1. The zero-order chi connectivity index (χ0) is 14.7. The summed E-state index contributed by atoms with van der Waals surface area (Å²) in [4.78, 5) is 34.1. The van der Waals surface area contributed by atoms with E-state index in [0.29, 0.717) is 12.0 Å². The summed E-state index contributed by atoms with van der Waals surface area (Å²) in [5, 5.41) is 0.902. The van der Waals surface area contributed by atoms with Crippen molar-refractivity contribution in [3.8, 4) is 0 Å². The highest BCUT2D eigenvalue weighted by Crippen LogP contribution is 2.21. The second-order valence-corrected chi connectivity index (χ2v) is 4.70. The van der Waals surface area contributed by atoms with Crippen LogP contribution in [0, 0.1) is 0 Å². The van der Waals surface area contributed by atoms with Crippen molar-refractivity contribution in [1.82, 2.24) is 4.98 Å². The molecule has 1 aromatic heterocycles. The third-order valence-electron chi connectivity index (χ3n) is 2.78. The number of H-pyrrole nitrogens is 1. The van der Waals surface area contributed by atoms with Gasteiger partial charge in [-0.05, 0) is 37.1 Å². The van der Waals surface area contributed by atoms with E-state index in [-0.39, 0.29) is 6.04 Å². The Labute approximate surface area is 115 Å². The molecule has 2 rings (SSSR count). The SMILES string of the molecule is CC(=O)OOC(=O)c1ccc2[nH]cc(C[C@@H](C)N)c2c1. The van der Waals surface area contributed by atoms with E-state index >= 15 is 0 Å². The summed E-state index contributed by atoms with van der Waals surface area (Å²) in [6.07, 6.45) is 2.57. The first kappa shape index (κ1) is 14.1. The van der Waals surface area contributed by atoms with Crippen LogP contribution in [0.2, 0.25) is 0 Å². The number of hydrogen-bond donors (Lipinski definition) is 2. The van der Waals surface area contributed by atoms with Crippen molar-refractivity contribution in [3.05, 3.63) is 35.5 Å². The van der Waals surface area contributed by atoms with Crippen LogP contribution in [0.15, 0.2) is 24.4 Å². The summed E-state index contributed by atoms with van der Waals surface area (Å²) in [6.45, 7) is 3.07. The van der Waals surface area contributed by atoms with Crippen LogP contribution in [0.4, 0.5) is 0 Å². The first-order valence-corrected chi connectivity index (χ1v) is 6.22. The molecule has 0 radical (unpaired) electrons. The second-order valence-electron chi connectivity index (χ2n) is 4.70. The molecule has 0 amide bonds. The Morgan fingerprint density at radius 1 is 1.35 bits per heavy atom. The number of hydrogen-bond acceptors (Lipinski definition) is 5. The molecule has 0 aliphatic carbocycles. The van der Waals surface area contributed by atoms with Gasteiger partial charge in [0, 0.05) is 30.1 Å². The molecule has 6 nitrogen and oxygen atoms in total. The van der Waals surface area contributed by atoms with Crippen LogP contribution in [0.5, 0.6) is 0 Å². The molecule has 0 saturated heterocycles. The Hall–Kier alpha value is -2.34. The van der Waals surface area contributed by atoms with Gasteiger partial charge in [0.15, 0.2) is 0 Å². The van der Waals surface area contributed by atoms with Crippen LogP contribution in [-0.4, -0.2) is 23.0 Å². The van der Waals surface area contributed by atoms with Crippen molar-refractivity contribution in [2.75, 3.05) is 0 Å².